The average Bonchev–Trinajstić information content (AvgIpc) is 2.95. The Balaban J connectivity index is 1.92. The van der Waals surface area contributed by atoms with E-state index in [1.165, 1.54) is 18.3 Å². The van der Waals surface area contributed by atoms with Crippen molar-refractivity contribution in [2.45, 2.75) is 25.5 Å². The molecule has 20 heavy (non-hydrogen) atoms. The molecule has 1 aromatic heterocycles. The predicted molar refractivity (Wildman–Crippen MR) is 74.1 cm³/mol. The van der Waals surface area contributed by atoms with Crippen LogP contribution in [0, 0.1) is 11.6 Å². The van der Waals surface area contributed by atoms with E-state index in [0.717, 1.165) is 19.3 Å². The van der Waals surface area contributed by atoms with E-state index in [4.69, 9.17) is 4.74 Å². The van der Waals surface area contributed by atoms with Crippen LogP contribution in [0.4, 0.5) is 8.78 Å². The second-order valence-electron chi connectivity index (χ2n) is 4.75. The molecule has 0 radical (unpaired) electrons. The van der Waals surface area contributed by atoms with Gasteiger partial charge in [-0.15, -0.1) is 0 Å². The first-order valence-electron chi connectivity index (χ1n) is 6.46. The highest BCUT2D eigenvalue weighted by Crippen LogP contribution is 2.30. The number of benzene rings is 1. The van der Waals surface area contributed by atoms with Crippen LogP contribution in [-0.4, -0.2) is 16.4 Å². The Kier molecular flexibility index (Phi) is 3.85. The fraction of sp³-hybridized carbons (Fsp3) is 0.357. The Bertz CT molecular complexity index is 624. The van der Waals surface area contributed by atoms with Crippen LogP contribution in [0.5, 0.6) is 0 Å². The zero-order chi connectivity index (χ0) is 14.1. The number of halogens is 3. The number of hydrogen-bond donors (Lipinski definition) is 0. The number of ether oxygens (including phenoxy) is 1. The Labute approximate surface area is 123 Å². The molecule has 2 aromatic rings. The van der Waals surface area contributed by atoms with Crippen LogP contribution >= 0.6 is 15.9 Å². The van der Waals surface area contributed by atoms with Gasteiger partial charge in [0.1, 0.15) is 6.23 Å². The molecule has 1 atom stereocenters. The predicted octanol–water partition coefficient (Wildman–Crippen LogP) is 4.29. The van der Waals surface area contributed by atoms with Crippen LogP contribution in [-0.2, 0) is 4.74 Å². The van der Waals surface area contributed by atoms with Crippen molar-refractivity contribution in [2.75, 3.05) is 6.61 Å². The van der Waals surface area contributed by atoms with Crippen molar-refractivity contribution in [2.24, 2.45) is 0 Å². The highest BCUT2D eigenvalue weighted by Gasteiger charge is 2.19. The van der Waals surface area contributed by atoms with E-state index in [9.17, 15) is 8.78 Å². The summed E-state index contributed by atoms with van der Waals surface area (Å²) in [4.78, 5) is 0. The van der Waals surface area contributed by atoms with Gasteiger partial charge in [-0.1, -0.05) is 0 Å². The second-order valence-corrected chi connectivity index (χ2v) is 5.61. The third-order valence-electron chi connectivity index (χ3n) is 3.40. The lowest BCUT2D eigenvalue weighted by Crippen LogP contribution is -2.18. The van der Waals surface area contributed by atoms with Crippen LogP contribution in [0.15, 0.2) is 29.0 Å². The zero-order valence-corrected chi connectivity index (χ0v) is 12.2. The van der Waals surface area contributed by atoms with Gasteiger partial charge < -0.3 is 4.74 Å². The molecular weight excluding hydrogens is 330 g/mol. The van der Waals surface area contributed by atoms with Crippen LogP contribution < -0.4 is 0 Å². The van der Waals surface area contributed by atoms with Gasteiger partial charge in [0.25, 0.3) is 0 Å². The number of rotatable bonds is 2. The standard InChI is InChI=1S/C14H13BrF2N2O/c15-11-5-4-10(13(16)14(11)17)9-7-18-19(8-9)12-3-1-2-6-20-12/h4-5,7-8,12H,1-3,6H2. The molecule has 3 rings (SSSR count). The Hall–Kier alpha value is -1.27. The molecule has 0 N–H and O–H groups in total. The van der Waals surface area contributed by atoms with Crippen LogP contribution in [0.3, 0.4) is 0 Å². The van der Waals surface area contributed by atoms with Gasteiger partial charge in [0.2, 0.25) is 0 Å². The third-order valence-corrected chi connectivity index (χ3v) is 4.01. The quantitative estimate of drug-likeness (QED) is 0.761. The average molecular weight is 343 g/mol. The summed E-state index contributed by atoms with van der Waals surface area (Å²) in [7, 11) is 0. The normalized spacial score (nSPS) is 19.2. The molecule has 1 unspecified atom stereocenters. The molecule has 1 aliphatic rings. The maximum atomic E-state index is 13.9. The first-order chi connectivity index (χ1) is 9.66. The molecule has 1 fully saturated rings. The minimum Gasteiger partial charge on any atom is -0.357 e. The van der Waals surface area contributed by atoms with E-state index in [2.05, 4.69) is 21.0 Å². The second kappa shape index (κ2) is 5.61. The highest BCUT2D eigenvalue weighted by atomic mass is 79.9. The lowest BCUT2D eigenvalue weighted by molar-refractivity contribution is -0.0394. The van der Waals surface area contributed by atoms with Gasteiger partial charge in [-0.05, 0) is 47.3 Å². The van der Waals surface area contributed by atoms with Crippen LogP contribution in [0.25, 0.3) is 11.1 Å². The summed E-state index contributed by atoms with van der Waals surface area (Å²) >= 11 is 2.96. The SMILES string of the molecule is Fc1c(Br)ccc(-c2cnn(C3CCCCO3)c2)c1F. The molecule has 0 saturated carbocycles. The van der Waals surface area contributed by atoms with Crippen molar-refractivity contribution in [3.8, 4) is 11.1 Å². The van der Waals surface area contributed by atoms with E-state index in [-0.39, 0.29) is 16.3 Å². The third kappa shape index (κ3) is 2.50. The van der Waals surface area contributed by atoms with Gasteiger partial charge in [-0.3, -0.25) is 0 Å². The molecule has 3 nitrogen and oxygen atoms in total. The van der Waals surface area contributed by atoms with Crippen molar-refractivity contribution in [3.05, 3.63) is 40.6 Å². The molecule has 2 heterocycles. The smallest absolute Gasteiger partial charge is 0.173 e. The molecule has 6 heteroatoms. The molecule has 1 aliphatic heterocycles. The van der Waals surface area contributed by atoms with E-state index in [1.54, 1.807) is 10.9 Å². The first kappa shape index (κ1) is 13.7. The molecule has 0 bridgehead atoms. The number of hydrogen-bond acceptors (Lipinski definition) is 2. The molecule has 0 spiro atoms. The molecule has 0 amide bonds. The molecule has 1 aromatic carbocycles. The lowest BCUT2D eigenvalue weighted by atomic mass is 10.1. The van der Waals surface area contributed by atoms with Gasteiger partial charge in [-0.25, -0.2) is 13.5 Å². The first-order valence-corrected chi connectivity index (χ1v) is 7.26. The molecule has 0 aliphatic carbocycles. The van der Waals surface area contributed by atoms with E-state index < -0.39 is 11.6 Å². The summed E-state index contributed by atoms with van der Waals surface area (Å²) < 4.78 is 34.9. The largest absolute Gasteiger partial charge is 0.357 e. The summed E-state index contributed by atoms with van der Waals surface area (Å²) in [5.41, 5.74) is 0.746. The van der Waals surface area contributed by atoms with Crippen molar-refractivity contribution in [1.29, 1.82) is 0 Å². The fourth-order valence-electron chi connectivity index (χ4n) is 2.32. The van der Waals surface area contributed by atoms with Crippen molar-refractivity contribution in [1.82, 2.24) is 9.78 Å². The summed E-state index contributed by atoms with van der Waals surface area (Å²) in [6.07, 6.45) is 6.14. The van der Waals surface area contributed by atoms with Gasteiger partial charge >= 0.3 is 0 Å². The summed E-state index contributed by atoms with van der Waals surface area (Å²) in [5.74, 6) is -1.76. The molecule has 1 saturated heterocycles. The minimum atomic E-state index is -0.885. The Morgan fingerprint density at radius 3 is 2.85 bits per heavy atom. The van der Waals surface area contributed by atoms with Crippen molar-refractivity contribution >= 4 is 15.9 Å². The minimum absolute atomic E-state index is 0.110. The van der Waals surface area contributed by atoms with Gasteiger partial charge in [-0.2, -0.15) is 5.10 Å². The lowest BCUT2D eigenvalue weighted by Gasteiger charge is -2.22. The van der Waals surface area contributed by atoms with Crippen LogP contribution in [0.2, 0.25) is 0 Å². The zero-order valence-electron chi connectivity index (χ0n) is 10.7. The summed E-state index contributed by atoms with van der Waals surface area (Å²) in [6, 6.07) is 3.02. The molecule has 106 valence electrons. The van der Waals surface area contributed by atoms with Crippen molar-refractivity contribution in [3.63, 3.8) is 0 Å². The Morgan fingerprint density at radius 2 is 2.10 bits per heavy atom. The van der Waals surface area contributed by atoms with Gasteiger partial charge in [0.15, 0.2) is 11.6 Å². The number of aromatic nitrogens is 2. The highest BCUT2D eigenvalue weighted by molar-refractivity contribution is 9.10. The van der Waals surface area contributed by atoms with E-state index in [0.29, 0.717) is 12.2 Å². The van der Waals surface area contributed by atoms with Crippen molar-refractivity contribution < 1.29 is 13.5 Å². The summed E-state index contributed by atoms with van der Waals surface area (Å²) in [6.45, 7) is 0.709. The number of nitrogens with zero attached hydrogens (tertiary/aromatic N) is 2. The van der Waals surface area contributed by atoms with E-state index >= 15 is 0 Å². The van der Waals surface area contributed by atoms with Crippen LogP contribution in [0.1, 0.15) is 25.5 Å². The fourth-order valence-corrected chi connectivity index (χ4v) is 2.62. The topological polar surface area (TPSA) is 27.1 Å². The Morgan fingerprint density at radius 1 is 1.25 bits per heavy atom. The van der Waals surface area contributed by atoms with Gasteiger partial charge in [0, 0.05) is 23.9 Å². The summed E-state index contributed by atoms with van der Waals surface area (Å²) in [5, 5.41) is 4.20. The maximum Gasteiger partial charge on any atom is 0.173 e. The van der Waals surface area contributed by atoms with Gasteiger partial charge in [0.05, 0.1) is 10.7 Å². The molecular formula is C14H13BrF2N2O. The monoisotopic (exact) mass is 342 g/mol. The van der Waals surface area contributed by atoms with E-state index in [1.807, 2.05) is 0 Å². The maximum absolute atomic E-state index is 13.9.